The summed E-state index contributed by atoms with van der Waals surface area (Å²) in [7, 11) is 1.97. The van der Waals surface area contributed by atoms with Crippen molar-refractivity contribution >= 4 is 11.4 Å². The van der Waals surface area contributed by atoms with E-state index in [2.05, 4.69) is 24.3 Å². The van der Waals surface area contributed by atoms with E-state index in [1.165, 1.54) is 16.8 Å². The standard InChI is InChI=1S/C14H20N4/c1-9-5-6-12(15)7-14(9)16-8-13-10(2)17-18(4)11(13)3/h5-7,16H,8,15H2,1-4H3. The molecular formula is C14H20N4. The van der Waals surface area contributed by atoms with E-state index in [1.54, 1.807) is 0 Å². The van der Waals surface area contributed by atoms with E-state index in [1.807, 2.05) is 36.9 Å². The normalized spacial score (nSPS) is 10.7. The number of hydrogen-bond donors (Lipinski definition) is 2. The monoisotopic (exact) mass is 244 g/mol. The van der Waals surface area contributed by atoms with Crippen molar-refractivity contribution in [3.63, 3.8) is 0 Å². The fraction of sp³-hybridized carbons (Fsp3) is 0.357. The van der Waals surface area contributed by atoms with Crippen LogP contribution in [0, 0.1) is 20.8 Å². The minimum atomic E-state index is 0.774. The van der Waals surface area contributed by atoms with Crippen molar-refractivity contribution in [1.29, 1.82) is 0 Å². The van der Waals surface area contributed by atoms with E-state index >= 15 is 0 Å². The van der Waals surface area contributed by atoms with Gasteiger partial charge in [0.15, 0.2) is 0 Å². The van der Waals surface area contributed by atoms with Crippen LogP contribution >= 0.6 is 0 Å². The molecule has 96 valence electrons. The molecule has 0 aliphatic heterocycles. The number of aryl methyl sites for hydroxylation is 3. The predicted molar refractivity (Wildman–Crippen MR) is 75.6 cm³/mol. The summed E-state index contributed by atoms with van der Waals surface area (Å²) < 4.78 is 1.92. The van der Waals surface area contributed by atoms with Crippen LogP contribution in [0.5, 0.6) is 0 Å². The summed E-state index contributed by atoms with van der Waals surface area (Å²) in [6.07, 6.45) is 0. The number of nitrogens with one attached hydrogen (secondary N) is 1. The maximum Gasteiger partial charge on any atom is 0.0646 e. The number of rotatable bonds is 3. The van der Waals surface area contributed by atoms with E-state index in [0.717, 1.165) is 23.6 Å². The van der Waals surface area contributed by atoms with Crippen molar-refractivity contribution in [2.24, 2.45) is 7.05 Å². The van der Waals surface area contributed by atoms with Crippen LogP contribution in [0.15, 0.2) is 18.2 Å². The number of nitrogen functional groups attached to an aromatic ring is 1. The van der Waals surface area contributed by atoms with Crippen molar-refractivity contribution in [2.75, 3.05) is 11.1 Å². The SMILES string of the molecule is Cc1ccc(N)cc1NCc1c(C)nn(C)c1C. The maximum atomic E-state index is 5.80. The highest BCUT2D eigenvalue weighted by Crippen LogP contribution is 2.20. The van der Waals surface area contributed by atoms with Crippen molar-refractivity contribution in [1.82, 2.24) is 9.78 Å². The molecule has 1 heterocycles. The van der Waals surface area contributed by atoms with Crippen LogP contribution < -0.4 is 11.1 Å². The summed E-state index contributed by atoms with van der Waals surface area (Å²) >= 11 is 0. The molecule has 0 aliphatic carbocycles. The Morgan fingerprint density at radius 2 is 2.00 bits per heavy atom. The lowest BCUT2D eigenvalue weighted by Gasteiger charge is -2.10. The summed E-state index contributed by atoms with van der Waals surface area (Å²) in [6, 6.07) is 5.91. The average Bonchev–Trinajstić information content (AvgIpc) is 2.55. The first-order chi connectivity index (χ1) is 8.49. The highest BCUT2D eigenvalue weighted by Gasteiger charge is 2.09. The topological polar surface area (TPSA) is 55.9 Å². The molecule has 0 spiro atoms. The first-order valence-corrected chi connectivity index (χ1v) is 6.08. The van der Waals surface area contributed by atoms with Gasteiger partial charge in [-0.25, -0.2) is 0 Å². The molecule has 1 aromatic heterocycles. The first-order valence-electron chi connectivity index (χ1n) is 6.08. The van der Waals surface area contributed by atoms with Crippen molar-refractivity contribution < 1.29 is 0 Å². The van der Waals surface area contributed by atoms with Crippen LogP contribution in [0.3, 0.4) is 0 Å². The molecule has 0 unspecified atom stereocenters. The molecule has 1 aromatic carbocycles. The number of aromatic nitrogens is 2. The van der Waals surface area contributed by atoms with Crippen LogP contribution in [-0.4, -0.2) is 9.78 Å². The molecule has 0 fully saturated rings. The summed E-state index contributed by atoms with van der Waals surface area (Å²) in [5.41, 5.74) is 12.4. The summed E-state index contributed by atoms with van der Waals surface area (Å²) in [5, 5.41) is 7.85. The quantitative estimate of drug-likeness (QED) is 0.816. The zero-order chi connectivity index (χ0) is 13.3. The third-order valence-electron chi connectivity index (χ3n) is 3.38. The lowest BCUT2D eigenvalue weighted by molar-refractivity contribution is 0.730. The Morgan fingerprint density at radius 1 is 1.28 bits per heavy atom. The molecule has 0 amide bonds. The van der Waals surface area contributed by atoms with Crippen LogP contribution in [-0.2, 0) is 13.6 Å². The van der Waals surface area contributed by atoms with Gasteiger partial charge in [-0.1, -0.05) is 6.07 Å². The first kappa shape index (κ1) is 12.5. The van der Waals surface area contributed by atoms with E-state index < -0.39 is 0 Å². The molecular weight excluding hydrogens is 224 g/mol. The number of benzene rings is 1. The van der Waals surface area contributed by atoms with Crippen LogP contribution in [0.25, 0.3) is 0 Å². The van der Waals surface area contributed by atoms with Crippen molar-refractivity contribution in [3.05, 3.63) is 40.7 Å². The number of nitrogens with two attached hydrogens (primary N) is 1. The second-order valence-corrected chi connectivity index (χ2v) is 4.70. The zero-order valence-electron chi connectivity index (χ0n) is 11.4. The predicted octanol–water partition coefficient (Wildman–Crippen LogP) is 2.54. The van der Waals surface area contributed by atoms with Gasteiger partial charge >= 0.3 is 0 Å². The second-order valence-electron chi connectivity index (χ2n) is 4.70. The number of anilines is 2. The van der Waals surface area contributed by atoms with E-state index in [0.29, 0.717) is 0 Å². The highest BCUT2D eigenvalue weighted by molar-refractivity contribution is 5.59. The van der Waals surface area contributed by atoms with Crippen LogP contribution in [0.2, 0.25) is 0 Å². The zero-order valence-corrected chi connectivity index (χ0v) is 11.4. The minimum Gasteiger partial charge on any atom is -0.399 e. The Kier molecular flexibility index (Phi) is 3.28. The fourth-order valence-corrected chi connectivity index (χ4v) is 2.09. The molecule has 0 atom stereocenters. The van der Waals surface area contributed by atoms with Crippen molar-refractivity contribution in [2.45, 2.75) is 27.3 Å². The van der Waals surface area contributed by atoms with Gasteiger partial charge in [0.1, 0.15) is 0 Å². The molecule has 0 aliphatic rings. The minimum absolute atomic E-state index is 0.774. The van der Waals surface area contributed by atoms with Crippen molar-refractivity contribution in [3.8, 4) is 0 Å². The van der Waals surface area contributed by atoms with Crippen LogP contribution in [0.4, 0.5) is 11.4 Å². The van der Waals surface area contributed by atoms with E-state index in [-0.39, 0.29) is 0 Å². The Hall–Kier alpha value is -1.97. The van der Waals surface area contributed by atoms with Gasteiger partial charge < -0.3 is 11.1 Å². The highest BCUT2D eigenvalue weighted by atomic mass is 15.3. The largest absolute Gasteiger partial charge is 0.399 e. The summed E-state index contributed by atoms with van der Waals surface area (Å²) in [6.45, 7) is 6.97. The van der Waals surface area contributed by atoms with Gasteiger partial charge in [-0.3, -0.25) is 4.68 Å². The molecule has 0 bridgehead atoms. The van der Waals surface area contributed by atoms with Gasteiger partial charge in [0.2, 0.25) is 0 Å². The fourth-order valence-electron chi connectivity index (χ4n) is 2.09. The lowest BCUT2D eigenvalue weighted by atomic mass is 10.1. The summed E-state index contributed by atoms with van der Waals surface area (Å²) in [4.78, 5) is 0. The molecule has 2 aromatic rings. The molecule has 4 nitrogen and oxygen atoms in total. The Bertz CT molecular complexity index is 569. The molecule has 4 heteroatoms. The molecule has 18 heavy (non-hydrogen) atoms. The third-order valence-corrected chi connectivity index (χ3v) is 3.38. The smallest absolute Gasteiger partial charge is 0.0646 e. The third kappa shape index (κ3) is 2.32. The van der Waals surface area contributed by atoms with Gasteiger partial charge in [-0.2, -0.15) is 5.10 Å². The van der Waals surface area contributed by atoms with E-state index in [4.69, 9.17) is 5.73 Å². The molecule has 0 saturated carbocycles. The van der Waals surface area contributed by atoms with Gasteiger partial charge in [0, 0.05) is 36.2 Å². The van der Waals surface area contributed by atoms with Gasteiger partial charge in [-0.05, 0) is 38.5 Å². The lowest BCUT2D eigenvalue weighted by Crippen LogP contribution is -2.04. The van der Waals surface area contributed by atoms with Gasteiger partial charge in [0.25, 0.3) is 0 Å². The second kappa shape index (κ2) is 4.72. The molecule has 0 radical (unpaired) electrons. The van der Waals surface area contributed by atoms with Crippen LogP contribution in [0.1, 0.15) is 22.5 Å². The Balaban J connectivity index is 2.19. The molecule has 2 rings (SSSR count). The average molecular weight is 244 g/mol. The number of nitrogens with zero attached hydrogens (tertiary/aromatic N) is 2. The number of hydrogen-bond acceptors (Lipinski definition) is 3. The van der Waals surface area contributed by atoms with E-state index in [9.17, 15) is 0 Å². The Morgan fingerprint density at radius 3 is 2.61 bits per heavy atom. The summed E-state index contributed by atoms with van der Waals surface area (Å²) in [5.74, 6) is 0. The molecule has 3 N–H and O–H groups in total. The molecule has 0 saturated heterocycles. The Labute approximate surface area is 108 Å². The van der Waals surface area contributed by atoms with Gasteiger partial charge in [-0.15, -0.1) is 0 Å². The maximum absolute atomic E-state index is 5.80. The van der Waals surface area contributed by atoms with Gasteiger partial charge in [0.05, 0.1) is 5.69 Å².